The Bertz CT molecular complexity index is 860. The van der Waals surface area contributed by atoms with Gasteiger partial charge in [-0.3, -0.25) is 19.5 Å². The van der Waals surface area contributed by atoms with E-state index in [4.69, 9.17) is 0 Å². The summed E-state index contributed by atoms with van der Waals surface area (Å²) >= 11 is 0. The summed E-state index contributed by atoms with van der Waals surface area (Å²) < 4.78 is 0. The van der Waals surface area contributed by atoms with Crippen LogP contribution in [-0.4, -0.2) is 58.8 Å². The molecule has 1 fully saturated rings. The molecule has 0 unspecified atom stereocenters. The maximum atomic E-state index is 12.8. The SMILES string of the molecule is CCN(CCc1ccncc1)C(=O)CCN(CC(=O)Nc1c(C)cccc1C)C1CC1. The number of nitrogens with zero attached hydrogens (tertiary/aromatic N) is 3. The third-order valence-corrected chi connectivity index (χ3v) is 5.92. The summed E-state index contributed by atoms with van der Waals surface area (Å²) in [5.74, 6) is 0.138. The van der Waals surface area contributed by atoms with Crippen molar-refractivity contribution in [3.8, 4) is 0 Å². The molecule has 2 aromatic rings. The summed E-state index contributed by atoms with van der Waals surface area (Å²) in [5, 5.41) is 3.07. The van der Waals surface area contributed by atoms with Crippen molar-refractivity contribution in [1.82, 2.24) is 14.8 Å². The molecule has 1 saturated carbocycles. The van der Waals surface area contributed by atoms with Crippen molar-refractivity contribution in [2.75, 3.05) is 31.5 Å². The van der Waals surface area contributed by atoms with E-state index in [1.807, 2.05) is 56.0 Å². The number of carbonyl (C=O) groups is 2. The summed E-state index contributed by atoms with van der Waals surface area (Å²) in [7, 11) is 0. The van der Waals surface area contributed by atoms with Gasteiger partial charge in [-0.1, -0.05) is 18.2 Å². The lowest BCUT2D eigenvalue weighted by atomic mass is 10.1. The standard InChI is InChI=1S/C25H34N4O2/c1-4-28(16-12-21-10-14-26-15-11-21)24(31)13-17-29(22-8-9-22)18-23(30)27-25-19(2)6-5-7-20(25)3/h5-7,10-11,14-15,22H,4,8-9,12-13,16-18H2,1-3H3,(H,27,30). The number of para-hydroxylation sites is 1. The average Bonchev–Trinajstić information content (AvgIpc) is 3.60. The highest BCUT2D eigenvalue weighted by molar-refractivity contribution is 5.93. The highest BCUT2D eigenvalue weighted by Gasteiger charge is 2.31. The molecule has 0 saturated heterocycles. The van der Waals surface area contributed by atoms with Crippen molar-refractivity contribution in [3.05, 3.63) is 59.4 Å². The van der Waals surface area contributed by atoms with Gasteiger partial charge in [0.2, 0.25) is 11.8 Å². The molecule has 1 aromatic heterocycles. The molecule has 3 rings (SSSR count). The number of rotatable bonds is 11. The molecular weight excluding hydrogens is 388 g/mol. The molecule has 6 nitrogen and oxygen atoms in total. The van der Waals surface area contributed by atoms with Crippen LogP contribution in [0.2, 0.25) is 0 Å². The summed E-state index contributed by atoms with van der Waals surface area (Å²) in [6, 6.07) is 10.4. The molecule has 0 aliphatic heterocycles. The molecule has 1 aromatic carbocycles. The first-order valence-corrected chi connectivity index (χ1v) is 11.2. The van der Waals surface area contributed by atoms with Crippen LogP contribution in [-0.2, 0) is 16.0 Å². The molecule has 166 valence electrons. The quantitative estimate of drug-likeness (QED) is 0.601. The van der Waals surface area contributed by atoms with Crippen molar-refractivity contribution in [2.45, 2.75) is 52.5 Å². The molecule has 1 aliphatic rings. The summed E-state index contributed by atoms with van der Waals surface area (Å²) in [6.45, 7) is 8.37. The number of hydrogen-bond donors (Lipinski definition) is 1. The third-order valence-electron chi connectivity index (χ3n) is 5.92. The maximum absolute atomic E-state index is 12.8. The van der Waals surface area contributed by atoms with Crippen molar-refractivity contribution >= 4 is 17.5 Å². The van der Waals surface area contributed by atoms with Gasteiger partial charge in [-0.15, -0.1) is 0 Å². The molecule has 1 aliphatic carbocycles. The van der Waals surface area contributed by atoms with E-state index in [0.717, 1.165) is 36.1 Å². The third kappa shape index (κ3) is 6.89. The van der Waals surface area contributed by atoms with Crippen LogP contribution in [0.4, 0.5) is 5.69 Å². The van der Waals surface area contributed by atoms with Gasteiger partial charge in [0.05, 0.1) is 6.54 Å². The van der Waals surface area contributed by atoms with Crippen molar-refractivity contribution in [3.63, 3.8) is 0 Å². The lowest BCUT2D eigenvalue weighted by molar-refractivity contribution is -0.131. The molecule has 0 radical (unpaired) electrons. The smallest absolute Gasteiger partial charge is 0.238 e. The van der Waals surface area contributed by atoms with E-state index in [9.17, 15) is 9.59 Å². The van der Waals surface area contributed by atoms with Crippen LogP contribution in [0.1, 0.15) is 42.9 Å². The predicted molar refractivity (Wildman–Crippen MR) is 124 cm³/mol. The van der Waals surface area contributed by atoms with Gasteiger partial charge in [0, 0.05) is 50.2 Å². The Labute approximate surface area is 185 Å². The number of hydrogen-bond acceptors (Lipinski definition) is 4. The summed E-state index contributed by atoms with van der Waals surface area (Å²) in [5.41, 5.74) is 4.21. The van der Waals surface area contributed by atoms with Gasteiger partial charge in [-0.2, -0.15) is 0 Å². The first kappa shape index (κ1) is 22.9. The zero-order valence-corrected chi connectivity index (χ0v) is 18.9. The van der Waals surface area contributed by atoms with E-state index in [0.29, 0.717) is 38.6 Å². The maximum Gasteiger partial charge on any atom is 0.238 e. The molecule has 31 heavy (non-hydrogen) atoms. The van der Waals surface area contributed by atoms with Gasteiger partial charge in [0.1, 0.15) is 0 Å². The Morgan fingerprint density at radius 3 is 2.35 bits per heavy atom. The fourth-order valence-corrected chi connectivity index (χ4v) is 3.88. The van der Waals surface area contributed by atoms with Crippen molar-refractivity contribution in [1.29, 1.82) is 0 Å². The Balaban J connectivity index is 1.50. The Kier molecular flexibility index (Phi) is 8.18. The number of nitrogens with one attached hydrogen (secondary N) is 1. The van der Waals surface area contributed by atoms with Crippen LogP contribution < -0.4 is 5.32 Å². The first-order valence-electron chi connectivity index (χ1n) is 11.2. The molecule has 0 atom stereocenters. The molecule has 0 spiro atoms. The van der Waals surface area contributed by atoms with E-state index in [-0.39, 0.29) is 11.8 Å². The second kappa shape index (κ2) is 11.0. The van der Waals surface area contributed by atoms with Crippen molar-refractivity contribution < 1.29 is 9.59 Å². The van der Waals surface area contributed by atoms with E-state index in [1.54, 1.807) is 12.4 Å². The summed E-state index contributed by atoms with van der Waals surface area (Å²) in [6.07, 6.45) is 7.04. The number of aromatic nitrogens is 1. The molecule has 2 amide bonds. The van der Waals surface area contributed by atoms with Gasteiger partial charge in [-0.05, 0) is 68.9 Å². The fraction of sp³-hybridized carbons (Fsp3) is 0.480. The minimum atomic E-state index is -0.0122. The average molecular weight is 423 g/mol. The number of pyridine rings is 1. The molecule has 1 heterocycles. The zero-order valence-electron chi connectivity index (χ0n) is 18.9. The fourth-order valence-electron chi connectivity index (χ4n) is 3.88. The van der Waals surface area contributed by atoms with Crippen LogP contribution in [0.15, 0.2) is 42.7 Å². The van der Waals surface area contributed by atoms with Gasteiger partial charge in [-0.25, -0.2) is 0 Å². The van der Waals surface area contributed by atoms with Gasteiger partial charge in [0.25, 0.3) is 0 Å². The normalized spacial score (nSPS) is 13.3. The van der Waals surface area contributed by atoms with Crippen molar-refractivity contribution in [2.24, 2.45) is 0 Å². The lowest BCUT2D eigenvalue weighted by Gasteiger charge is -2.25. The van der Waals surface area contributed by atoms with Crippen LogP contribution in [0.5, 0.6) is 0 Å². The second-order valence-corrected chi connectivity index (χ2v) is 8.35. The Morgan fingerprint density at radius 2 is 1.74 bits per heavy atom. The molecule has 6 heteroatoms. The van der Waals surface area contributed by atoms with E-state index in [1.165, 1.54) is 5.56 Å². The van der Waals surface area contributed by atoms with Gasteiger partial charge >= 0.3 is 0 Å². The van der Waals surface area contributed by atoms with Crippen LogP contribution in [0.25, 0.3) is 0 Å². The number of anilines is 1. The number of likely N-dealkylation sites (N-methyl/N-ethyl adjacent to an activating group) is 1. The number of carbonyl (C=O) groups excluding carboxylic acids is 2. The molecule has 1 N–H and O–H groups in total. The number of benzene rings is 1. The zero-order chi connectivity index (χ0) is 22.2. The summed E-state index contributed by atoms with van der Waals surface area (Å²) in [4.78, 5) is 33.6. The van der Waals surface area contributed by atoms with Crippen LogP contribution in [0.3, 0.4) is 0 Å². The molecular formula is C25H34N4O2. The largest absolute Gasteiger partial charge is 0.343 e. The van der Waals surface area contributed by atoms with E-state index >= 15 is 0 Å². The molecule has 0 bridgehead atoms. The monoisotopic (exact) mass is 422 g/mol. The highest BCUT2D eigenvalue weighted by atomic mass is 16.2. The van der Waals surface area contributed by atoms with Gasteiger partial charge in [0.15, 0.2) is 0 Å². The predicted octanol–water partition coefficient (Wildman–Crippen LogP) is 3.58. The highest BCUT2D eigenvalue weighted by Crippen LogP contribution is 2.27. The first-order chi connectivity index (χ1) is 15.0. The van der Waals surface area contributed by atoms with Crippen LogP contribution in [0, 0.1) is 13.8 Å². The second-order valence-electron chi connectivity index (χ2n) is 8.35. The number of amides is 2. The minimum absolute atomic E-state index is 0.0122. The Hall–Kier alpha value is -2.73. The van der Waals surface area contributed by atoms with E-state index in [2.05, 4.69) is 15.2 Å². The van der Waals surface area contributed by atoms with Crippen LogP contribution >= 0.6 is 0 Å². The Morgan fingerprint density at radius 1 is 1.06 bits per heavy atom. The van der Waals surface area contributed by atoms with Gasteiger partial charge < -0.3 is 10.2 Å². The minimum Gasteiger partial charge on any atom is -0.343 e. The topological polar surface area (TPSA) is 65.5 Å². The lowest BCUT2D eigenvalue weighted by Crippen LogP contribution is -2.39. The number of aryl methyl sites for hydroxylation is 2. The van der Waals surface area contributed by atoms with E-state index < -0.39 is 0 Å².